The van der Waals surface area contributed by atoms with E-state index in [9.17, 15) is 0 Å². The van der Waals surface area contributed by atoms with Gasteiger partial charge in [-0.15, -0.1) is 0 Å². The highest BCUT2D eigenvalue weighted by Crippen LogP contribution is 2.27. The topological polar surface area (TPSA) is 35.2 Å². The summed E-state index contributed by atoms with van der Waals surface area (Å²) in [6.45, 7) is 5.69. The number of allylic oxidation sites excluding steroid dienone is 1. The van der Waals surface area contributed by atoms with Gasteiger partial charge in [0.1, 0.15) is 5.76 Å². The van der Waals surface area contributed by atoms with Crippen molar-refractivity contribution in [2.45, 2.75) is 32.3 Å². The molecule has 11 heavy (non-hydrogen) atoms. The van der Waals surface area contributed by atoms with Crippen LogP contribution >= 0.6 is 0 Å². The first-order valence-corrected chi connectivity index (χ1v) is 4.05. The molecule has 2 nitrogen and oxygen atoms in total. The van der Waals surface area contributed by atoms with Crippen LogP contribution in [0, 0.1) is 0 Å². The first-order chi connectivity index (χ1) is 5.24. The Balaban J connectivity index is 2.43. The Morgan fingerprint density at radius 1 is 1.73 bits per heavy atom. The molecule has 0 aromatic carbocycles. The van der Waals surface area contributed by atoms with Crippen molar-refractivity contribution < 1.29 is 4.74 Å². The number of hydrogen-bond acceptors (Lipinski definition) is 2. The smallest absolute Gasteiger partial charge is 0.137 e. The van der Waals surface area contributed by atoms with Crippen LogP contribution in [0.1, 0.15) is 26.2 Å². The van der Waals surface area contributed by atoms with Crippen LogP contribution in [0.15, 0.2) is 24.1 Å². The lowest BCUT2D eigenvalue weighted by atomic mass is 10.3. The molecule has 0 amide bonds. The highest BCUT2D eigenvalue weighted by molar-refractivity contribution is 5.19. The molecule has 62 valence electrons. The highest BCUT2D eigenvalue weighted by Gasteiger charge is 2.24. The standard InChI is InChI=1S/C9H15NO/c1-3-4-9(7(2)10)11-8-5-6-8/h4,8H,2-3,5-6,10H2,1H3/b9-4+. The second-order valence-corrected chi connectivity index (χ2v) is 2.82. The van der Waals surface area contributed by atoms with E-state index in [0.717, 1.165) is 25.0 Å². The van der Waals surface area contributed by atoms with Crippen LogP contribution < -0.4 is 5.73 Å². The fraction of sp³-hybridized carbons (Fsp3) is 0.556. The molecule has 0 spiro atoms. The molecule has 0 aromatic rings. The van der Waals surface area contributed by atoms with Crippen molar-refractivity contribution in [1.29, 1.82) is 0 Å². The maximum atomic E-state index is 5.51. The molecule has 2 heteroatoms. The molecular formula is C9H15NO. The monoisotopic (exact) mass is 153 g/mol. The van der Waals surface area contributed by atoms with Gasteiger partial charge in [-0.2, -0.15) is 0 Å². The SMILES string of the molecule is C=C(N)/C(=C\CC)OC1CC1. The molecule has 1 rings (SSSR count). The summed E-state index contributed by atoms with van der Waals surface area (Å²) in [5.74, 6) is 0.773. The third-order valence-electron chi connectivity index (χ3n) is 1.52. The van der Waals surface area contributed by atoms with Gasteiger partial charge in [-0.3, -0.25) is 0 Å². The molecule has 0 aromatic heterocycles. The maximum Gasteiger partial charge on any atom is 0.137 e. The molecule has 1 saturated carbocycles. The largest absolute Gasteiger partial charge is 0.489 e. The van der Waals surface area contributed by atoms with E-state index in [0.29, 0.717) is 11.8 Å². The van der Waals surface area contributed by atoms with Gasteiger partial charge >= 0.3 is 0 Å². The summed E-state index contributed by atoms with van der Waals surface area (Å²) in [7, 11) is 0. The zero-order chi connectivity index (χ0) is 8.27. The second kappa shape index (κ2) is 3.46. The molecular weight excluding hydrogens is 138 g/mol. The summed E-state index contributed by atoms with van der Waals surface area (Å²) in [5, 5.41) is 0. The van der Waals surface area contributed by atoms with E-state index in [4.69, 9.17) is 10.5 Å². The summed E-state index contributed by atoms with van der Waals surface area (Å²) in [6.07, 6.45) is 5.65. The highest BCUT2D eigenvalue weighted by atomic mass is 16.5. The predicted molar refractivity (Wildman–Crippen MR) is 45.8 cm³/mol. The molecule has 2 N–H and O–H groups in total. The van der Waals surface area contributed by atoms with Crippen molar-refractivity contribution >= 4 is 0 Å². The van der Waals surface area contributed by atoms with Gasteiger partial charge in [-0.05, 0) is 25.3 Å². The Labute approximate surface area is 67.7 Å². The molecule has 1 aliphatic rings. The molecule has 1 fully saturated rings. The Morgan fingerprint density at radius 2 is 2.36 bits per heavy atom. The zero-order valence-electron chi connectivity index (χ0n) is 6.97. The minimum atomic E-state index is 0.410. The Bertz CT molecular complexity index is 180. The van der Waals surface area contributed by atoms with E-state index in [1.807, 2.05) is 6.08 Å². The van der Waals surface area contributed by atoms with E-state index in [2.05, 4.69) is 13.5 Å². The number of rotatable bonds is 4. The van der Waals surface area contributed by atoms with Crippen LogP contribution in [0.3, 0.4) is 0 Å². The molecule has 0 atom stereocenters. The van der Waals surface area contributed by atoms with Crippen molar-refractivity contribution in [2.75, 3.05) is 0 Å². The molecule has 0 unspecified atom stereocenters. The van der Waals surface area contributed by atoms with Crippen LogP contribution in [-0.2, 0) is 4.74 Å². The van der Waals surface area contributed by atoms with Gasteiger partial charge in [0.25, 0.3) is 0 Å². The first kappa shape index (κ1) is 8.18. The van der Waals surface area contributed by atoms with Gasteiger partial charge in [0.2, 0.25) is 0 Å². The van der Waals surface area contributed by atoms with Gasteiger partial charge in [0.15, 0.2) is 0 Å². The average Bonchev–Trinajstić information content (AvgIpc) is 2.70. The van der Waals surface area contributed by atoms with E-state index < -0.39 is 0 Å². The van der Waals surface area contributed by atoms with Crippen LogP contribution in [-0.4, -0.2) is 6.10 Å². The van der Waals surface area contributed by atoms with Crippen LogP contribution in [0.2, 0.25) is 0 Å². The van der Waals surface area contributed by atoms with Crippen molar-refractivity contribution in [1.82, 2.24) is 0 Å². The Hall–Kier alpha value is -0.920. The summed E-state index contributed by atoms with van der Waals surface area (Å²) in [4.78, 5) is 0. The van der Waals surface area contributed by atoms with E-state index in [1.54, 1.807) is 0 Å². The molecule has 0 radical (unpaired) electrons. The van der Waals surface area contributed by atoms with Gasteiger partial charge in [0, 0.05) is 0 Å². The van der Waals surface area contributed by atoms with Gasteiger partial charge in [0.05, 0.1) is 11.8 Å². The van der Waals surface area contributed by atoms with Crippen molar-refractivity contribution in [3.05, 3.63) is 24.1 Å². The molecule has 0 bridgehead atoms. The third-order valence-corrected chi connectivity index (χ3v) is 1.52. The minimum absolute atomic E-state index is 0.410. The van der Waals surface area contributed by atoms with E-state index in [1.165, 1.54) is 0 Å². The van der Waals surface area contributed by atoms with E-state index >= 15 is 0 Å². The van der Waals surface area contributed by atoms with Crippen molar-refractivity contribution in [3.63, 3.8) is 0 Å². The predicted octanol–water partition coefficient (Wildman–Crippen LogP) is 1.93. The summed E-state index contributed by atoms with van der Waals surface area (Å²) < 4.78 is 5.50. The quantitative estimate of drug-likeness (QED) is 0.494. The summed E-state index contributed by atoms with van der Waals surface area (Å²) >= 11 is 0. The lowest BCUT2D eigenvalue weighted by molar-refractivity contribution is 0.203. The van der Waals surface area contributed by atoms with Crippen LogP contribution in [0.25, 0.3) is 0 Å². The Morgan fingerprint density at radius 3 is 2.73 bits per heavy atom. The normalized spacial score (nSPS) is 18.1. The summed E-state index contributed by atoms with van der Waals surface area (Å²) in [5.41, 5.74) is 6.05. The third kappa shape index (κ3) is 2.66. The average molecular weight is 153 g/mol. The number of hydrogen-bond donors (Lipinski definition) is 1. The van der Waals surface area contributed by atoms with E-state index in [-0.39, 0.29) is 0 Å². The molecule has 0 saturated heterocycles. The van der Waals surface area contributed by atoms with Crippen molar-refractivity contribution in [2.24, 2.45) is 5.73 Å². The fourth-order valence-corrected chi connectivity index (χ4v) is 0.806. The molecule has 0 aliphatic heterocycles. The first-order valence-electron chi connectivity index (χ1n) is 4.05. The van der Waals surface area contributed by atoms with Crippen molar-refractivity contribution in [3.8, 4) is 0 Å². The Kier molecular flexibility index (Phi) is 2.58. The van der Waals surface area contributed by atoms with Gasteiger partial charge in [-0.1, -0.05) is 13.5 Å². The van der Waals surface area contributed by atoms with Gasteiger partial charge < -0.3 is 10.5 Å². The second-order valence-electron chi connectivity index (χ2n) is 2.82. The minimum Gasteiger partial charge on any atom is -0.489 e. The summed E-state index contributed by atoms with van der Waals surface area (Å²) in [6, 6.07) is 0. The van der Waals surface area contributed by atoms with Gasteiger partial charge in [-0.25, -0.2) is 0 Å². The lowest BCUT2D eigenvalue weighted by Gasteiger charge is -2.07. The van der Waals surface area contributed by atoms with Crippen LogP contribution in [0.5, 0.6) is 0 Å². The molecule has 1 aliphatic carbocycles. The van der Waals surface area contributed by atoms with Crippen LogP contribution in [0.4, 0.5) is 0 Å². The zero-order valence-corrected chi connectivity index (χ0v) is 6.97. The molecule has 0 heterocycles. The lowest BCUT2D eigenvalue weighted by Crippen LogP contribution is -2.04. The fourth-order valence-electron chi connectivity index (χ4n) is 0.806. The number of ether oxygens (including phenoxy) is 1. The number of nitrogens with two attached hydrogens (primary N) is 1. The maximum absolute atomic E-state index is 5.51.